The highest BCUT2D eigenvalue weighted by Gasteiger charge is 2.36. The maximum atomic E-state index is 12.8. The number of carbonyl (C=O) groups is 1. The molecule has 1 aliphatic heterocycles. The van der Waals surface area contributed by atoms with E-state index in [1.54, 1.807) is 13.3 Å². The van der Waals surface area contributed by atoms with Crippen molar-refractivity contribution in [2.75, 3.05) is 27.2 Å². The van der Waals surface area contributed by atoms with Crippen LogP contribution in [0, 0.1) is 0 Å². The normalized spacial score (nSPS) is 16.6. The van der Waals surface area contributed by atoms with Crippen LogP contribution < -0.4 is 4.74 Å². The number of likely N-dealkylation sites (N-methyl/N-ethyl adjacent to an activating group) is 1. The summed E-state index contributed by atoms with van der Waals surface area (Å²) >= 11 is 0. The van der Waals surface area contributed by atoms with E-state index < -0.39 is 0 Å². The molecule has 1 atom stereocenters. The van der Waals surface area contributed by atoms with Crippen molar-refractivity contribution in [3.8, 4) is 5.75 Å². The second kappa shape index (κ2) is 9.08. The molecular formula is C27H28N4O2. The highest BCUT2D eigenvalue weighted by Crippen LogP contribution is 2.32. The summed E-state index contributed by atoms with van der Waals surface area (Å²) in [5.74, 6) is 1.02. The Morgan fingerprint density at radius 2 is 1.91 bits per heavy atom. The first-order chi connectivity index (χ1) is 16.1. The van der Waals surface area contributed by atoms with Crippen LogP contribution in [0.25, 0.3) is 10.9 Å². The summed E-state index contributed by atoms with van der Waals surface area (Å²) in [4.78, 5) is 21.2. The lowest BCUT2D eigenvalue weighted by molar-refractivity contribution is -0.128. The Morgan fingerprint density at radius 3 is 2.67 bits per heavy atom. The Bertz CT molecular complexity index is 1250. The van der Waals surface area contributed by atoms with Gasteiger partial charge in [0, 0.05) is 37.2 Å². The molecule has 0 spiro atoms. The van der Waals surface area contributed by atoms with Gasteiger partial charge in [0.15, 0.2) is 0 Å². The summed E-state index contributed by atoms with van der Waals surface area (Å²) in [6.07, 6.45) is 6.57. The number of rotatable bonds is 7. The van der Waals surface area contributed by atoms with Crippen molar-refractivity contribution in [2.24, 2.45) is 0 Å². The van der Waals surface area contributed by atoms with Crippen molar-refractivity contribution in [1.29, 1.82) is 0 Å². The number of aromatic nitrogens is 2. The third-order valence-electron chi connectivity index (χ3n) is 6.39. The van der Waals surface area contributed by atoms with Gasteiger partial charge < -0.3 is 14.2 Å². The summed E-state index contributed by atoms with van der Waals surface area (Å²) in [5.41, 5.74) is 4.69. The minimum Gasteiger partial charge on any atom is -0.497 e. The van der Waals surface area contributed by atoms with E-state index in [1.807, 2.05) is 36.3 Å². The fraction of sp³-hybridized carbons (Fsp3) is 0.259. The van der Waals surface area contributed by atoms with E-state index in [1.165, 1.54) is 22.0 Å². The molecule has 0 aliphatic carbocycles. The van der Waals surface area contributed by atoms with Gasteiger partial charge in [-0.25, -0.2) is 0 Å². The molecule has 6 nitrogen and oxygen atoms in total. The Balaban J connectivity index is 1.36. The van der Waals surface area contributed by atoms with Crippen LogP contribution in [0.1, 0.15) is 22.9 Å². The molecule has 0 N–H and O–H groups in total. The number of benzene rings is 2. The molecule has 2 aromatic carbocycles. The maximum absolute atomic E-state index is 12.8. The van der Waals surface area contributed by atoms with Gasteiger partial charge in [-0.15, -0.1) is 0 Å². The molecule has 2 aromatic heterocycles. The third kappa shape index (κ3) is 4.34. The number of hydrogen-bond donors (Lipinski definition) is 0. The Morgan fingerprint density at radius 1 is 1.06 bits per heavy atom. The molecule has 0 bridgehead atoms. The van der Waals surface area contributed by atoms with Crippen molar-refractivity contribution < 1.29 is 9.53 Å². The lowest BCUT2D eigenvalue weighted by atomic mass is 10.1. The van der Waals surface area contributed by atoms with Gasteiger partial charge in [-0.1, -0.05) is 24.3 Å². The average molecular weight is 441 g/mol. The van der Waals surface area contributed by atoms with Gasteiger partial charge in [-0.05, 0) is 71.9 Å². The minimum absolute atomic E-state index is 0.0539. The van der Waals surface area contributed by atoms with Gasteiger partial charge in [-0.3, -0.25) is 14.7 Å². The van der Waals surface area contributed by atoms with E-state index in [0.29, 0.717) is 13.1 Å². The largest absolute Gasteiger partial charge is 0.497 e. The summed E-state index contributed by atoms with van der Waals surface area (Å²) in [6.45, 7) is 1.90. The van der Waals surface area contributed by atoms with Gasteiger partial charge >= 0.3 is 0 Å². The number of pyridine rings is 1. The lowest BCUT2D eigenvalue weighted by Gasteiger charge is -2.28. The number of ether oxygens (including phenoxy) is 1. The average Bonchev–Trinajstić information content (AvgIpc) is 3.37. The summed E-state index contributed by atoms with van der Waals surface area (Å²) < 4.78 is 7.48. The van der Waals surface area contributed by atoms with Crippen LogP contribution >= 0.6 is 0 Å². The maximum Gasteiger partial charge on any atom is 0.238 e. The van der Waals surface area contributed by atoms with Gasteiger partial charge in [-0.2, -0.15) is 0 Å². The number of carbonyl (C=O) groups excluding carboxylic acids is 1. The Labute approximate surface area is 194 Å². The minimum atomic E-state index is -0.0539. The fourth-order valence-electron chi connectivity index (χ4n) is 4.69. The molecule has 1 unspecified atom stereocenters. The van der Waals surface area contributed by atoms with Crippen molar-refractivity contribution >= 4 is 16.8 Å². The zero-order valence-electron chi connectivity index (χ0n) is 19.0. The smallest absolute Gasteiger partial charge is 0.238 e. The second-order valence-corrected chi connectivity index (χ2v) is 8.60. The molecule has 1 amide bonds. The number of hydrogen-bond acceptors (Lipinski definition) is 4. The molecule has 0 saturated carbocycles. The molecule has 5 rings (SSSR count). The number of fused-ring (bicyclic) bond motifs is 1. The number of nitrogens with zero attached hydrogens (tertiary/aromatic N) is 4. The number of amides is 1. The van der Waals surface area contributed by atoms with Crippen LogP contribution in [0.4, 0.5) is 0 Å². The molecule has 1 aliphatic rings. The van der Waals surface area contributed by atoms with Gasteiger partial charge in [0.2, 0.25) is 5.91 Å². The van der Waals surface area contributed by atoms with Crippen LogP contribution in [-0.4, -0.2) is 52.5 Å². The van der Waals surface area contributed by atoms with E-state index in [0.717, 1.165) is 24.3 Å². The van der Waals surface area contributed by atoms with Crippen LogP contribution in [0.3, 0.4) is 0 Å². The van der Waals surface area contributed by atoms with Crippen LogP contribution in [0.2, 0.25) is 0 Å². The Kier molecular flexibility index (Phi) is 5.84. The number of methoxy groups -OCH3 is 1. The summed E-state index contributed by atoms with van der Waals surface area (Å²) in [5, 5.41) is 1.18. The SMILES string of the molecule is COc1ccc(CCN2C(=O)CN(C)C2c2ccc3c(ccn3Cc3cccnc3)c2)cc1. The predicted octanol–water partition coefficient (Wildman–Crippen LogP) is 4.11. The van der Waals surface area contributed by atoms with E-state index in [4.69, 9.17) is 4.74 Å². The zero-order valence-corrected chi connectivity index (χ0v) is 19.0. The Hall–Kier alpha value is -3.64. The first-order valence-corrected chi connectivity index (χ1v) is 11.2. The third-order valence-corrected chi connectivity index (χ3v) is 6.39. The van der Waals surface area contributed by atoms with E-state index >= 15 is 0 Å². The second-order valence-electron chi connectivity index (χ2n) is 8.60. The molecule has 33 heavy (non-hydrogen) atoms. The molecule has 6 heteroatoms. The van der Waals surface area contributed by atoms with Crippen LogP contribution in [0.15, 0.2) is 79.3 Å². The lowest BCUT2D eigenvalue weighted by Crippen LogP contribution is -2.32. The van der Waals surface area contributed by atoms with E-state index in [9.17, 15) is 4.79 Å². The summed E-state index contributed by atoms with van der Waals surface area (Å²) in [6, 6.07) is 20.8. The molecular weight excluding hydrogens is 412 g/mol. The monoisotopic (exact) mass is 440 g/mol. The molecule has 1 saturated heterocycles. The van der Waals surface area contributed by atoms with Gasteiger partial charge in [0.05, 0.1) is 13.7 Å². The molecule has 4 aromatic rings. The molecule has 0 radical (unpaired) electrons. The summed E-state index contributed by atoms with van der Waals surface area (Å²) in [7, 11) is 3.69. The van der Waals surface area contributed by atoms with Crippen molar-refractivity contribution in [1.82, 2.24) is 19.4 Å². The highest BCUT2D eigenvalue weighted by molar-refractivity contribution is 5.83. The highest BCUT2D eigenvalue weighted by atomic mass is 16.5. The topological polar surface area (TPSA) is 50.6 Å². The molecule has 168 valence electrons. The van der Waals surface area contributed by atoms with E-state index in [-0.39, 0.29) is 12.1 Å². The van der Waals surface area contributed by atoms with Crippen molar-refractivity contribution in [2.45, 2.75) is 19.1 Å². The van der Waals surface area contributed by atoms with Crippen molar-refractivity contribution in [3.05, 3.63) is 95.9 Å². The standard InChI is InChI=1S/C27H28N4O2/c1-29-19-26(32)31(15-11-20-5-8-24(33-2)9-6-20)27(29)23-7-10-25-22(16-23)12-14-30(25)18-21-4-3-13-28-17-21/h3-10,12-14,16-17,27H,11,15,18-19H2,1-2H3. The van der Waals surface area contributed by atoms with Gasteiger partial charge in [0.25, 0.3) is 0 Å². The first kappa shape index (κ1) is 21.2. The molecule has 3 heterocycles. The predicted molar refractivity (Wildman–Crippen MR) is 129 cm³/mol. The van der Waals surface area contributed by atoms with E-state index in [2.05, 4.69) is 63.1 Å². The fourth-order valence-corrected chi connectivity index (χ4v) is 4.69. The first-order valence-electron chi connectivity index (χ1n) is 11.2. The van der Waals surface area contributed by atoms with Gasteiger partial charge in [0.1, 0.15) is 11.9 Å². The van der Waals surface area contributed by atoms with Crippen LogP contribution in [0.5, 0.6) is 5.75 Å². The van der Waals surface area contributed by atoms with Crippen LogP contribution in [-0.2, 0) is 17.8 Å². The quantitative estimate of drug-likeness (QED) is 0.434. The molecule has 1 fully saturated rings. The van der Waals surface area contributed by atoms with Crippen molar-refractivity contribution in [3.63, 3.8) is 0 Å². The zero-order chi connectivity index (χ0) is 22.8.